The van der Waals surface area contributed by atoms with Crippen molar-refractivity contribution >= 4 is 56.0 Å². The number of nitrogens with one attached hydrogen (secondary N) is 2. The van der Waals surface area contributed by atoms with Crippen molar-refractivity contribution in [2.45, 2.75) is 77.0 Å². The van der Waals surface area contributed by atoms with Crippen LogP contribution in [0.4, 0.5) is 0 Å². The van der Waals surface area contributed by atoms with Gasteiger partial charge in [0, 0.05) is 56.2 Å². The molecular formula is C32H55BBaIN8O4+. The number of aromatic amines is 2. The molecule has 4 rings (SSSR count). The molecule has 0 aliphatic heterocycles. The summed E-state index contributed by atoms with van der Waals surface area (Å²) >= 11 is 0. The first-order chi connectivity index (χ1) is 21.1. The molecule has 0 bridgehead atoms. The van der Waals surface area contributed by atoms with Crippen LogP contribution < -0.4 is 29.1 Å². The molecule has 0 saturated carbocycles. The Labute approximate surface area is 338 Å². The molecule has 0 aliphatic rings. The van der Waals surface area contributed by atoms with Gasteiger partial charge in [0.25, 0.3) is 0 Å². The van der Waals surface area contributed by atoms with Gasteiger partial charge in [-0.3, -0.25) is 0 Å². The predicted molar refractivity (Wildman–Crippen MR) is 183 cm³/mol. The molecule has 4 aromatic heterocycles. The van der Waals surface area contributed by atoms with Crippen LogP contribution in [0.3, 0.4) is 0 Å². The Morgan fingerprint density at radius 1 is 0.596 bits per heavy atom. The van der Waals surface area contributed by atoms with Gasteiger partial charge in [-0.25, -0.2) is 15.3 Å². The van der Waals surface area contributed by atoms with Gasteiger partial charge in [-0.2, -0.15) is 5.10 Å². The minimum absolute atomic E-state index is 0. The second kappa shape index (κ2) is 18.9. The molecule has 0 radical (unpaired) electrons. The Hall–Kier alpha value is -0.954. The van der Waals surface area contributed by atoms with E-state index in [4.69, 9.17) is 34.2 Å². The average molecular weight is 891 g/mol. The van der Waals surface area contributed by atoms with E-state index in [1.165, 1.54) is 5.69 Å². The molecule has 0 aliphatic carbocycles. The molecule has 0 amide bonds. The first kappa shape index (κ1) is 44.1. The molecule has 4 heterocycles. The zero-order valence-corrected chi connectivity index (χ0v) is 37.2. The average Bonchev–Trinajstić information content (AvgIpc) is 3.77. The molecule has 0 atom stereocenters. The minimum Gasteiger partial charge on any atom is -1.00 e. The third-order valence-electron chi connectivity index (χ3n) is 8.16. The maximum Gasteiger partial charge on any atom is 2.00 e. The van der Waals surface area contributed by atoms with Gasteiger partial charge in [-0.1, -0.05) is 55.4 Å². The molecule has 15 heteroatoms. The van der Waals surface area contributed by atoms with Crippen molar-refractivity contribution in [1.82, 2.24) is 34.2 Å². The van der Waals surface area contributed by atoms with Crippen LogP contribution in [-0.2, 0) is 40.6 Å². The van der Waals surface area contributed by atoms with Crippen LogP contribution in [0.2, 0.25) is 0 Å². The fourth-order valence-electron chi connectivity index (χ4n) is 5.51. The first-order valence-corrected chi connectivity index (χ1v) is 15.5. The van der Waals surface area contributed by atoms with Crippen molar-refractivity contribution in [2.24, 2.45) is 0 Å². The van der Waals surface area contributed by atoms with Crippen molar-refractivity contribution < 1.29 is 48.0 Å². The Morgan fingerprint density at radius 3 is 1.19 bits per heavy atom. The Bertz CT molecular complexity index is 1320. The zero-order valence-electron chi connectivity index (χ0n) is 30.6. The number of aromatic nitrogens is 8. The summed E-state index contributed by atoms with van der Waals surface area (Å²) in [6.07, 6.45) is 7.91. The van der Waals surface area contributed by atoms with Crippen LogP contribution in [0.15, 0.2) is 49.1 Å². The van der Waals surface area contributed by atoms with Crippen LogP contribution in [0.5, 0.6) is 0 Å². The normalized spacial score (nSPS) is 12.4. The van der Waals surface area contributed by atoms with Gasteiger partial charge in [0.15, 0.2) is 6.20 Å². The van der Waals surface area contributed by atoms with Crippen molar-refractivity contribution in [3.63, 3.8) is 0 Å². The summed E-state index contributed by atoms with van der Waals surface area (Å²) in [5, 5.41) is 20.9. The summed E-state index contributed by atoms with van der Waals surface area (Å²) in [5.74, 6) is 0. The summed E-state index contributed by atoms with van der Waals surface area (Å²) in [4.78, 5) is 0. The minimum atomic E-state index is -1.50. The van der Waals surface area contributed by atoms with Crippen molar-refractivity contribution in [3.05, 3.63) is 71.8 Å². The van der Waals surface area contributed by atoms with Gasteiger partial charge in [0.05, 0.1) is 49.2 Å². The van der Waals surface area contributed by atoms with E-state index in [0.29, 0.717) is 19.8 Å². The molecule has 4 aromatic rings. The second-order valence-electron chi connectivity index (χ2n) is 14.4. The molecular weight excluding hydrogens is 835 g/mol. The number of halogens is 1. The number of ether oxygens (including phenoxy) is 4. The van der Waals surface area contributed by atoms with E-state index in [9.17, 15) is 0 Å². The topological polar surface area (TPSA) is 120 Å². The van der Waals surface area contributed by atoms with Gasteiger partial charge in [0.1, 0.15) is 0 Å². The van der Waals surface area contributed by atoms with Crippen LogP contribution >= 0.6 is 0 Å². The number of rotatable bonds is 15. The Balaban J connectivity index is 0.000000723. The van der Waals surface area contributed by atoms with Gasteiger partial charge >= 0.3 is 56.0 Å². The zero-order chi connectivity index (χ0) is 33.5. The van der Waals surface area contributed by atoms with Crippen molar-refractivity contribution in [3.8, 4) is 0 Å². The number of hydrogen-bond acceptors (Lipinski definition) is 7. The molecule has 12 nitrogen and oxygen atoms in total. The summed E-state index contributed by atoms with van der Waals surface area (Å²) in [7, 11) is 5.36. The van der Waals surface area contributed by atoms with E-state index >= 15 is 0 Å². The fraction of sp³-hybridized carbons (Fsp3) is 0.625. The number of H-pyrrole nitrogens is 2. The standard InChI is InChI=1S/C24H40BN6O3.C8H14N2O.Ba.HI/c1-22(2,16-32-7)19-10-13-29(26-19)25(30-14-11-20(27-30)23(3,4)17-33-8)31-15-12-21(28-31)24(5,6)18-34-9;1-8(2,6-11-3)7-4-5-9-10-7;;/h10-15,25H,16-18H2,1-9H3;4-5H,6H2,1-3H3,(H,9,10);;1H/q-1;;+2;. The maximum absolute atomic E-state index is 5.43. The summed E-state index contributed by atoms with van der Waals surface area (Å²) in [6.45, 7) is 19.5. The van der Waals surface area contributed by atoms with Gasteiger partial charge in [-0.05, 0) is 36.8 Å². The maximum atomic E-state index is 5.43. The van der Waals surface area contributed by atoms with Crippen LogP contribution in [0.25, 0.3) is 0 Å². The molecule has 0 saturated heterocycles. The SMILES string of the molecule is COCC(C)(C)c1cc[nH+][nH]1.COCC(C)(C)c1ccn([BH-](n2ccc(C(C)(C)COC)n2)n2ccc(C(C)(C)COC)n2)n1.[Ba+2].[I-]. The molecule has 2 N–H and O–H groups in total. The third-order valence-corrected chi connectivity index (χ3v) is 8.16. The van der Waals surface area contributed by atoms with E-state index in [-0.39, 0.29) is 94.5 Å². The number of hydrogen-bond donors (Lipinski definition) is 1. The molecule has 0 spiro atoms. The fourth-order valence-corrected chi connectivity index (χ4v) is 5.51. The second-order valence-corrected chi connectivity index (χ2v) is 14.4. The molecule has 0 fully saturated rings. The van der Waals surface area contributed by atoms with E-state index in [0.717, 1.165) is 23.7 Å². The first-order valence-electron chi connectivity index (χ1n) is 15.5. The summed E-state index contributed by atoms with van der Waals surface area (Å²) < 4.78 is 27.3. The van der Waals surface area contributed by atoms with Gasteiger partial charge < -0.3 is 56.7 Å². The Morgan fingerprint density at radius 2 is 0.915 bits per heavy atom. The third kappa shape index (κ3) is 11.5. The van der Waals surface area contributed by atoms with E-state index < -0.39 is 7.12 Å². The van der Waals surface area contributed by atoms with E-state index in [1.54, 1.807) is 28.4 Å². The predicted octanol–water partition coefficient (Wildman–Crippen LogP) is 0.0860. The quantitative estimate of drug-likeness (QED) is 0.133. The number of nitrogens with zero attached hydrogens (tertiary/aromatic N) is 6. The van der Waals surface area contributed by atoms with E-state index in [2.05, 4.69) is 83.8 Å². The van der Waals surface area contributed by atoms with Gasteiger partial charge in [-0.15, -0.1) is 5.10 Å². The monoisotopic (exact) mass is 891 g/mol. The van der Waals surface area contributed by atoms with Crippen molar-refractivity contribution in [2.75, 3.05) is 54.9 Å². The van der Waals surface area contributed by atoms with Crippen LogP contribution in [0.1, 0.15) is 78.2 Å². The summed E-state index contributed by atoms with van der Waals surface area (Å²) in [6, 6.07) is 8.19. The van der Waals surface area contributed by atoms with Crippen LogP contribution in [-0.4, -0.2) is 145 Å². The van der Waals surface area contributed by atoms with Gasteiger partial charge in [0.2, 0.25) is 0 Å². The number of methoxy groups -OCH3 is 4. The molecule has 0 aromatic carbocycles. The summed E-state index contributed by atoms with van der Waals surface area (Å²) in [5.41, 5.74) is 3.48. The van der Waals surface area contributed by atoms with E-state index in [1.807, 2.05) is 44.6 Å². The smallest absolute Gasteiger partial charge is 1.00 e. The van der Waals surface area contributed by atoms with Crippen molar-refractivity contribution in [1.29, 1.82) is 0 Å². The molecule has 0 unspecified atom stereocenters. The van der Waals surface area contributed by atoms with Crippen LogP contribution in [0, 0.1) is 0 Å². The molecule has 258 valence electrons. The Kier molecular flexibility index (Phi) is 17.7. The molecule has 47 heavy (non-hydrogen) atoms. The largest absolute Gasteiger partial charge is 2.00 e.